The Morgan fingerprint density at radius 2 is 1.76 bits per heavy atom. The average molecular weight is 272 g/mol. The van der Waals surface area contributed by atoms with E-state index in [0.29, 0.717) is 0 Å². The van der Waals surface area contributed by atoms with Gasteiger partial charge in [-0.2, -0.15) is 22.0 Å². The number of hydrogen-bond donors (Lipinski definition) is 0. The van der Waals surface area contributed by atoms with Crippen molar-refractivity contribution in [2.75, 3.05) is 0 Å². The Balaban J connectivity index is 2.77. The lowest BCUT2D eigenvalue weighted by molar-refractivity contribution is -0.268. The van der Waals surface area contributed by atoms with Gasteiger partial charge in [0.1, 0.15) is 0 Å². The molecule has 94 valence electrons. The molecule has 1 heterocycles. The number of Topliss-reactive ketones (excluding diaryl/α,β-unsaturated/α-hetero) is 2. The van der Waals surface area contributed by atoms with Crippen LogP contribution in [0, 0.1) is 0 Å². The monoisotopic (exact) mass is 272 g/mol. The van der Waals surface area contributed by atoms with E-state index in [9.17, 15) is 31.5 Å². The van der Waals surface area contributed by atoms with Crippen LogP contribution in [0.4, 0.5) is 22.0 Å². The number of alkyl halides is 5. The third-order valence-corrected chi connectivity index (χ3v) is 2.73. The molecule has 0 amide bonds. The molecule has 0 aliphatic rings. The third kappa shape index (κ3) is 2.87. The fraction of sp³-hybridized carbons (Fsp3) is 0.333. The first-order chi connectivity index (χ1) is 7.66. The van der Waals surface area contributed by atoms with Crippen molar-refractivity contribution < 1.29 is 31.5 Å². The smallest absolute Gasteiger partial charge is 0.293 e. The number of thiophene rings is 1. The van der Waals surface area contributed by atoms with E-state index < -0.39 is 30.1 Å². The number of hydrogen-bond acceptors (Lipinski definition) is 3. The van der Waals surface area contributed by atoms with E-state index in [1.807, 2.05) is 0 Å². The van der Waals surface area contributed by atoms with Gasteiger partial charge in [0.15, 0.2) is 5.78 Å². The van der Waals surface area contributed by atoms with Gasteiger partial charge in [-0.3, -0.25) is 9.59 Å². The van der Waals surface area contributed by atoms with E-state index in [0.717, 1.165) is 11.3 Å². The van der Waals surface area contributed by atoms with Gasteiger partial charge in [-0.05, 0) is 11.4 Å². The summed E-state index contributed by atoms with van der Waals surface area (Å²) >= 11 is 0.863. The minimum absolute atomic E-state index is 0.0312. The summed E-state index contributed by atoms with van der Waals surface area (Å²) in [7, 11) is 0. The maximum absolute atomic E-state index is 12.5. The molecule has 0 saturated heterocycles. The minimum Gasteiger partial charge on any atom is -0.293 e. The lowest BCUT2D eigenvalue weighted by Gasteiger charge is -2.17. The summed E-state index contributed by atoms with van der Waals surface area (Å²) in [5.74, 6) is -8.97. The van der Waals surface area contributed by atoms with Crippen LogP contribution in [0.3, 0.4) is 0 Å². The summed E-state index contributed by atoms with van der Waals surface area (Å²) in [6.07, 6.45) is -7.44. The Kier molecular flexibility index (Phi) is 3.65. The molecule has 0 aliphatic heterocycles. The highest BCUT2D eigenvalue weighted by Gasteiger charge is 2.62. The molecule has 1 aromatic rings. The largest absolute Gasteiger partial charge is 0.461 e. The van der Waals surface area contributed by atoms with Gasteiger partial charge in [-0.25, -0.2) is 0 Å². The molecule has 17 heavy (non-hydrogen) atoms. The zero-order chi connectivity index (χ0) is 13.3. The van der Waals surface area contributed by atoms with Crippen LogP contribution in [0.15, 0.2) is 17.5 Å². The number of carbonyl (C=O) groups is 2. The summed E-state index contributed by atoms with van der Waals surface area (Å²) in [4.78, 5) is 21.9. The zero-order valence-corrected chi connectivity index (χ0v) is 8.87. The fourth-order valence-electron chi connectivity index (χ4n) is 0.939. The molecule has 1 aromatic heterocycles. The molecule has 0 spiro atoms. The van der Waals surface area contributed by atoms with Gasteiger partial charge in [-0.15, -0.1) is 11.3 Å². The van der Waals surface area contributed by atoms with E-state index in [4.69, 9.17) is 0 Å². The van der Waals surface area contributed by atoms with Crippen molar-refractivity contribution in [3.8, 4) is 0 Å². The number of halogens is 5. The van der Waals surface area contributed by atoms with E-state index in [-0.39, 0.29) is 4.88 Å². The normalized spacial score (nSPS) is 12.5. The molecule has 0 atom stereocenters. The SMILES string of the molecule is O=C(CC(=O)C(F)(F)C(F)(F)F)c1cccs1. The highest BCUT2D eigenvalue weighted by Crippen LogP contribution is 2.37. The molecule has 0 fully saturated rings. The van der Waals surface area contributed by atoms with Crippen LogP contribution in [-0.4, -0.2) is 23.7 Å². The van der Waals surface area contributed by atoms with E-state index in [2.05, 4.69) is 0 Å². The van der Waals surface area contributed by atoms with Gasteiger partial charge >= 0.3 is 12.1 Å². The van der Waals surface area contributed by atoms with Crippen molar-refractivity contribution in [3.63, 3.8) is 0 Å². The maximum atomic E-state index is 12.5. The molecule has 0 N–H and O–H groups in total. The second-order valence-electron chi connectivity index (χ2n) is 3.07. The lowest BCUT2D eigenvalue weighted by Crippen LogP contribution is -2.44. The van der Waals surface area contributed by atoms with Crippen LogP contribution in [0.1, 0.15) is 16.1 Å². The van der Waals surface area contributed by atoms with Crippen molar-refractivity contribution in [1.29, 1.82) is 0 Å². The molecular weight excluding hydrogens is 267 g/mol. The van der Waals surface area contributed by atoms with Crippen molar-refractivity contribution in [2.45, 2.75) is 18.5 Å². The molecule has 1 rings (SSSR count). The summed E-state index contributed by atoms with van der Waals surface area (Å²) < 4.78 is 60.4. The van der Waals surface area contributed by atoms with Gasteiger partial charge in [-0.1, -0.05) is 6.07 Å². The molecule has 0 aromatic carbocycles. The maximum Gasteiger partial charge on any atom is 0.461 e. The van der Waals surface area contributed by atoms with Crippen LogP contribution < -0.4 is 0 Å². The summed E-state index contributed by atoms with van der Waals surface area (Å²) in [5.41, 5.74) is 0. The molecular formula is C9H5F5O2S. The number of ketones is 2. The van der Waals surface area contributed by atoms with E-state index in [1.54, 1.807) is 0 Å². The first-order valence-corrected chi connectivity index (χ1v) is 5.09. The predicted molar refractivity (Wildman–Crippen MR) is 49.3 cm³/mol. The van der Waals surface area contributed by atoms with E-state index in [1.165, 1.54) is 17.5 Å². The first kappa shape index (κ1) is 13.8. The van der Waals surface area contributed by atoms with Gasteiger partial charge in [0.2, 0.25) is 5.78 Å². The van der Waals surface area contributed by atoms with Crippen molar-refractivity contribution in [2.24, 2.45) is 0 Å². The molecule has 0 aliphatic carbocycles. The Morgan fingerprint density at radius 1 is 1.18 bits per heavy atom. The second-order valence-corrected chi connectivity index (χ2v) is 4.02. The van der Waals surface area contributed by atoms with Crippen molar-refractivity contribution in [1.82, 2.24) is 0 Å². The lowest BCUT2D eigenvalue weighted by atomic mass is 10.1. The Hall–Kier alpha value is -1.31. The summed E-state index contributed by atoms with van der Waals surface area (Å²) in [6, 6.07) is 2.66. The van der Waals surface area contributed by atoms with Gasteiger partial charge < -0.3 is 0 Å². The Labute approximate surface area is 96.0 Å². The molecule has 0 saturated carbocycles. The van der Waals surface area contributed by atoms with Crippen LogP contribution in [0.2, 0.25) is 0 Å². The van der Waals surface area contributed by atoms with Crippen molar-refractivity contribution in [3.05, 3.63) is 22.4 Å². The summed E-state index contributed by atoms with van der Waals surface area (Å²) in [6.45, 7) is 0. The van der Waals surface area contributed by atoms with Crippen LogP contribution in [-0.2, 0) is 4.79 Å². The zero-order valence-electron chi connectivity index (χ0n) is 8.05. The standard InChI is InChI=1S/C9H5F5O2S/c10-8(11,9(12,13)14)7(16)4-5(15)6-2-1-3-17-6/h1-3H,4H2. The number of carbonyl (C=O) groups excluding carboxylic acids is 2. The fourth-order valence-corrected chi connectivity index (χ4v) is 1.60. The summed E-state index contributed by atoms with van der Waals surface area (Å²) in [5, 5.41) is 1.44. The second kappa shape index (κ2) is 4.52. The van der Waals surface area contributed by atoms with Crippen LogP contribution >= 0.6 is 11.3 Å². The molecule has 8 heteroatoms. The number of rotatable bonds is 4. The third-order valence-electron chi connectivity index (χ3n) is 1.82. The average Bonchev–Trinajstić information content (AvgIpc) is 2.68. The minimum atomic E-state index is -5.97. The molecule has 0 unspecified atom stereocenters. The first-order valence-electron chi connectivity index (χ1n) is 4.21. The van der Waals surface area contributed by atoms with Crippen molar-refractivity contribution >= 4 is 22.9 Å². The Morgan fingerprint density at radius 3 is 2.18 bits per heavy atom. The van der Waals surface area contributed by atoms with E-state index >= 15 is 0 Å². The van der Waals surface area contributed by atoms with Crippen LogP contribution in [0.5, 0.6) is 0 Å². The Bertz CT molecular complexity index is 421. The highest BCUT2D eigenvalue weighted by atomic mass is 32.1. The van der Waals surface area contributed by atoms with Crippen LogP contribution in [0.25, 0.3) is 0 Å². The molecule has 2 nitrogen and oxygen atoms in total. The van der Waals surface area contributed by atoms with Gasteiger partial charge in [0.25, 0.3) is 0 Å². The molecule has 0 radical (unpaired) electrons. The van der Waals surface area contributed by atoms with Gasteiger partial charge in [0, 0.05) is 0 Å². The highest BCUT2D eigenvalue weighted by molar-refractivity contribution is 7.12. The molecule has 0 bridgehead atoms. The van der Waals surface area contributed by atoms with Gasteiger partial charge in [0.05, 0.1) is 11.3 Å². The quantitative estimate of drug-likeness (QED) is 0.479. The topological polar surface area (TPSA) is 34.1 Å². The predicted octanol–water partition coefficient (Wildman–Crippen LogP) is 3.09.